The molecule has 2 nitrogen and oxygen atoms in total. The monoisotopic (exact) mass is 442 g/mol. The van der Waals surface area contributed by atoms with E-state index in [0.29, 0.717) is 33.9 Å². The third kappa shape index (κ3) is 2.60. The molecule has 0 radical (unpaired) electrons. The van der Waals surface area contributed by atoms with Gasteiger partial charge in [-0.3, -0.25) is 4.79 Å². The van der Waals surface area contributed by atoms with Gasteiger partial charge in [-0.1, -0.05) is 55.4 Å². The first-order chi connectivity index (χ1) is 14.6. The molecule has 0 aromatic carbocycles. The molecule has 0 amide bonds. The fourth-order valence-corrected chi connectivity index (χ4v) is 11.5. The molecule has 5 aliphatic rings. The number of hydrogen-bond acceptors (Lipinski definition) is 2. The zero-order chi connectivity index (χ0) is 23.5. The van der Waals surface area contributed by atoms with Gasteiger partial charge in [0.1, 0.15) is 5.78 Å². The minimum absolute atomic E-state index is 0.0603. The number of ketones is 1. The summed E-state index contributed by atoms with van der Waals surface area (Å²) in [5, 5.41) is 11.4. The highest BCUT2D eigenvalue weighted by Gasteiger charge is 2.71. The van der Waals surface area contributed by atoms with Crippen LogP contribution in [0.3, 0.4) is 0 Å². The van der Waals surface area contributed by atoms with E-state index >= 15 is 0 Å². The van der Waals surface area contributed by atoms with Gasteiger partial charge < -0.3 is 5.11 Å². The summed E-state index contributed by atoms with van der Waals surface area (Å²) in [6, 6.07) is 0. The number of fused-ring (bicyclic) bond motifs is 7. The van der Waals surface area contributed by atoms with Gasteiger partial charge >= 0.3 is 0 Å². The molecule has 32 heavy (non-hydrogen) atoms. The third-order valence-corrected chi connectivity index (χ3v) is 13.7. The van der Waals surface area contributed by atoms with Crippen molar-refractivity contribution in [1.29, 1.82) is 0 Å². The first-order valence-electron chi connectivity index (χ1n) is 13.9. The Labute approximate surface area is 197 Å². The third-order valence-electron chi connectivity index (χ3n) is 13.7. The second-order valence-electron chi connectivity index (χ2n) is 15.3. The predicted molar refractivity (Wildman–Crippen MR) is 131 cm³/mol. The number of aliphatic hydroxyl groups excluding tert-OH is 1. The van der Waals surface area contributed by atoms with Crippen molar-refractivity contribution in [3.05, 3.63) is 0 Å². The van der Waals surface area contributed by atoms with Crippen molar-refractivity contribution in [2.24, 2.45) is 56.2 Å². The van der Waals surface area contributed by atoms with Crippen molar-refractivity contribution in [3.8, 4) is 0 Å². The van der Waals surface area contributed by atoms with Crippen LogP contribution in [0.5, 0.6) is 0 Å². The lowest BCUT2D eigenvalue weighted by atomic mass is 9.31. The van der Waals surface area contributed by atoms with E-state index in [1.807, 2.05) is 0 Å². The number of rotatable bonds is 0. The number of carbonyl (C=O) groups is 1. The second-order valence-corrected chi connectivity index (χ2v) is 15.3. The minimum atomic E-state index is -0.158. The van der Waals surface area contributed by atoms with Gasteiger partial charge in [0.15, 0.2) is 0 Å². The highest BCUT2D eigenvalue weighted by atomic mass is 16.3. The van der Waals surface area contributed by atoms with Crippen LogP contribution in [-0.2, 0) is 4.79 Å². The molecule has 2 heteroatoms. The lowest BCUT2D eigenvalue weighted by Gasteiger charge is -2.74. The summed E-state index contributed by atoms with van der Waals surface area (Å²) in [5.74, 6) is 2.96. The van der Waals surface area contributed by atoms with Crippen molar-refractivity contribution >= 4 is 5.78 Å². The number of hydrogen-bond donors (Lipinski definition) is 1. The fourth-order valence-electron chi connectivity index (χ4n) is 11.5. The van der Waals surface area contributed by atoms with Crippen molar-refractivity contribution in [2.45, 2.75) is 126 Å². The normalized spacial score (nSPS) is 56.4. The SMILES string of the molecule is CC1(C)CCC2(C)C(CCC3(C)C2CCC2C4(C)CCC(=O)C(C)(C)C4CCC23C)C1O. The van der Waals surface area contributed by atoms with Crippen LogP contribution in [-0.4, -0.2) is 17.0 Å². The highest BCUT2D eigenvalue weighted by molar-refractivity contribution is 5.85. The van der Waals surface area contributed by atoms with Crippen molar-refractivity contribution in [1.82, 2.24) is 0 Å². The van der Waals surface area contributed by atoms with Gasteiger partial charge in [-0.05, 0) is 109 Å². The maximum atomic E-state index is 12.9. The van der Waals surface area contributed by atoms with Crippen LogP contribution in [0.2, 0.25) is 0 Å². The Morgan fingerprint density at radius 1 is 0.656 bits per heavy atom. The van der Waals surface area contributed by atoms with E-state index in [2.05, 4.69) is 55.4 Å². The van der Waals surface area contributed by atoms with Gasteiger partial charge in [0.25, 0.3) is 0 Å². The van der Waals surface area contributed by atoms with Crippen LogP contribution < -0.4 is 0 Å². The molecule has 9 unspecified atom stereocenters. The zero-order valence-electron chi connectivity index (χ0n) is 22.3. The Balaban J connectivity index is 1.53. The maximum Gasteiger partial charge on any atom is 0.138 e. The quantitative estimate of drug-likeness (QED) is 0.423. The van der Waals surface area contributed by atoms with Gasteiger partial charge in [0, 0.05) is 11.8 Å². The van der Waals surface area contributed by atoms with E-state index in [0.717, 1.165) is 31.1 Å². The molecule has 0 heterocycles. The van der Waals surface area contributed by atoms with Gasteiger partial charge in [-0.15, -0.1) is 0 Å². The molecule has 5 rings (SSSR count). The lowest BCUT2D eigenvalue weighted by molar-refractivity contribution is -0.260. The summed E-state index contributed by atoms with van der Waals surface area (Å²) < 4.78 is 0. The van der Waals surface area contributed by atoms with Crippen LogP contribution in [0.25, 0.3) is 0 Å². The molecule has 5 saturated carbocycles. The number of aliphatic hydroxyl groups is 1. The molecular formula is C30H50O2. The van der Waals surface area contributed by atoms with Crippen LogP contribution in [0, 0.1) is 56.2 Å². The standard InChI is InChI=1S/C30H50O2/c1-25(2)17-18-27(5)19(24(25)32)11-15-29(7)21(27)9-10-22-28(6)14-13-23(31)26(3,4)20(28)12-16-30(22,29)8/h19-22,24,32H,9-18H2,1-8H3. The van der Waals surface area contributed by atoms with E-state index in [1.54, 1.807) is 0 Å². The van der Waals surface area contributed by atoms with E-state index in [1.165, 1.54) is 44.9 Å². The van der Waals surface area contributed by atoms with E-state index < -0.39 is 0 Å². The molecule has 0 aromatic rings. The van der Waals surface area contributed by atoms with Gasteiger partial charge in [-0.25, -0.2) is 0 Å². The van der Waals surface area contributed by atoms with E-state index in [-0.39, 0.29) is 22.3 Å². The summed E-state index contributed by atoms with van der Waals surface area (Å²) in [6.45, 7) is 19.6. The average molecular weight is 443 g/mol. The number of Topliss-reactive ketones (excluding diaryl/α,β-unsaturated/α-hetero) is 1. The number of carbonyl (C=O) groups excluding carboxylic acids is 1. The van der Waals surface area contributed by atoms with Gasteiger partial charge in [0.05, 0.1) is 6.10 Å². The van der Waals surface area contributed by atoms with Crippen molar-refractivity contribution in [3.63, 3.8) is 0 Å². The largest absolute Gasteiger partial charge is 0.392 e. The molecule has 182 valence electrons. The first-order valence-corrected chi connectivity index (χ1v) is 13.9. The smallest absolute Gasteiger partial charge is 0.138 e. The Kier molecular flexibility index (Phi) is 4.85. The van der Waals surface area contributed by atoms with Crippen LogP contribution >= 0.6 is 0 Å². The summed E-state index contributed by atoms with van der Waals surface area (Å²) in [5.41, 5.74) is 1.17. The molecular weight excluding hydrogens is 392 g/mol. The van der Waals surface area contributed by atoms with Gasteiger partial charge in [-0.2, -0.15) is 0 Å². The summed E-state index contributed by atoms with van der Waals surface area (Å²) in [7, 11) is 0. The fraction of sp³-hybridized carbons (Fsp3) is 0.967. The topological polar surface area (TPSA) is 37.3 Å². The second kappa shape index (κ2) is 6.64. The first kappa shape index (κ1) is 23.4. The molecule has 0 spiro atoms. The summed E-state index contributed by atoms with van der Waals surface area (Å²) >= 11 is 0. The molecule has 0 aliphatic heterocycles. The molecule has 0 aromatic heterocycles. The van der Waals surface area contributed by atoms with Crippen molar-refractivity contribution < 1.29 is 9.90 Å². The van der Waals surface area contributed by atoms with Gasteiger partial charge in [0.2, 0.25) is 0 Å². The molecule has 5 fully saturated rings. The maximum absolute atomic E-state index is 12.9. The Bertz CT molecular complexity index is 812. The predicted octanol–water partition coefficient (Wildman–Crippen LogP) is 7.43. The minimum Gasteiger partial charge on any atom is -0.392 e. The lowest BCUT2D eigenvalue weighted by Crippen LogP contribution is -2.68. The molecule has 0 saturated heterocycles. The molecule has 0 bridgehead atoms. The van der Waals surface area contributed by atoms with Crippen LogP contribution in [0.4, 0.5) is 0 Å². The summed E-state index contributed by atoms with van der Waals surface area (Å²) in [4.78, 5) is 12.9. The summed E-state index contributed by atoms with van der Waals surface area (Å²) in [6.07, 6.45) is 11.8. The van der Waals surface area contributed by atoms with Crippen LogP contribution in [0.1, 0.15) is 120 Å². The van der Waals surface area contributed by atoms with E-state index in [4.69, 9.17) is 0 Å². The van der Waals surface area contributed by atoms with Crippen LogP contribution in [0.15, 0.2) is 0 Å². The zero-order valence-corrected chi connectivity index (χ0v) is 22.3. The average Bonchev–Trinajstić information content (AvgIpc) is 2.69. The van der Waals surface area contributed by atoms with E-state index in [9.17, 15) is 9.90 Å². The highest BCUT2D eigenvalue weighted by Crippen LogP contribution is 2.77. The Morgan fingerprint density at radius 2 is 1.22 bits per heavy atom. The molecule has 9 atom stereocenters. The Morgan fingerprint density at radius 3 is 1.84 bits per heavy atom. The van der Waals surface area contributed by atoms with Crippen molar-refractivity contribution in [2.75, 3.05) is 0 Å². The Hall–Kier alpha value is -0.370. The molecule has 1 N–H and O–H groups in total. The molecule has 5 aliphatic carbocycles.